The molecule has 0 spiro atoms. The van der Waals surface area contributed by atoms with E-state index in [1.54, 1.807) is 4.31 Å². The molecule has 0 saturated carbocycles. The van der Waals surface area contributed by atoms with Gasteiger partial charge in [0.2, 0.25) is 10.0 Å². The van der Waals surface area contributed by atoms with Gasteiger partial charge in [-0.2, -0.15) is 0 Å². The summed E-state index contributed by atoms with van der Waals surface area (Å²) in [6.07, 6.45) is 2.28. The zero-order valence-corrected chi connectivity index (χ0v) is 18.6. The summed E-state index contributed by atoms with van der Waals surface area (Å²) in [5.41, 5.74) is 2.56. The first kappa shape index (κ1) is 22.7. The number of guanidine groups is 1. The van der Waals surface area contributed by atoms with E-state index in [2.05, 4.69) is 55.7 Å². The highest BCUT2D eigenvalue weighted by Crippen LogP contribution is 2.17. The molecule has 1 aliphatic heterocycles. The predicted octanol–water partition coefficient (Wildman–Crippen LogP) is 2.86. The third-order valence-corrected chi connectivity index (χ3v) is 7.24. The van der Waals surface area contributed by atoms with Gasteiger partial charge in [-0.25, -0.2) is 12.7 Å². The average Bonchev–Trinajstić information content (AvgIpc) is 2.67. The zero-order valence-electron chi connectivity index (χ0n) is 17.7. The second-order valence-electron chi connectivity index (χ2n) is 7.67. The highest BCUT2D eigenvalue weighted by molar-refractivity contribution is 7.89. The lowest BCUT2D eigenvalue weighted by molar-refractivity contribution is 0.306. The SMILES string of the molecule is CCCS(=O)(=O)N1CCC(NC(=NCC(C)c2ccc(C)cc2)NCC)CC1. The van der Waals surface area contributed by atoms with Crippen molar-refractivity contribution in [2.24, 2.45) is 4.99 Å². The second kappa shape index (κ2) is 10.8. The zero-order chi connectivity index (χ0) is 20.6. The van der Waals surface area contributed by atoms with Crippen molar-refractivity contribution in [1.82, 2.24) is 14.9 Å². The Bertz CT molecular complexity index is 723. The van der Waals surface area contributed by atoms with Gasteiger partial charge in [0, 0.05) is 38.1 Å². The third kappa shape index (κ3) is 6.78. The van der Waals surface area contributed by atoms with Crippen molar-refractivity contribution in [1.29, 1.82) is 0 Å². The number of nitrogens with one attached hydrogen (secondary N) is 2. The number of benzene rings is 1. The summed E-state index contributed by atoms with van der Waals surface area (Å²) in [5, 5.41) is 6.81. The van der Waals surface area contributed by atoms with E-state index < -0.39 is 10.0 Å². The van der Waals surface area contributed by atoms with Gasteiger partial charge in [0.1, 0.15) is 0 Å². The van der Waals surface area contributed by atoms with Crippen molar-refractivity contribution in [3.63, 3.8) is 0 Å². The Morgan fingerprint density at radius 2 is 1.86 bits per heavy atom. The lowest BCUT2D eigenvalue weighted by atomic mass is 10.0. The van der Waals surface area contributed by atoms with E-state index in [1.165, 1.54) is 11.1 Å². The summed E-state index contributed by atoms with van der Waals surface area (Å²) in [6.45, 7) is 10.9. The molecule has 28 heavy (non-hydrogen) atoms. The first-order valence-electron chi connectivity index (χ1n) is 10.4. The molecule has 0 aromatic heterocycles. The molecule has 158 valence electrons. The normalized spacial score (nSPS) is 18.1. The molecule has 0 radical (unpaired) electrons. The van der Waals surface area contributed by atoms with Gasteiger partial charge in [0.15, 0.2) is 5.96 Å². The molecule has 7 heteroatoms. The van der Waals surface area contributed by atoms with E-state index in [4.69, 9.17) is 4.99 Å². The topological polar surface area (TPSA) is 73.8 Å². The van der Waals surface area contributed by atoms with Crippen molar-refractivity contribution < 1.29 is 8.42 Å². The molecule has 1 saturated heterocycles. The van der Waals surface area contributed by atoms with Crippen molar-refractivity contribution >= 4 is 16.0 Å². The van der Waals surface area contributed by atoms with Crippen LogP contribution in [0.3, 0.4) is 0 Å². The fourth-order valence-electron chi connectivity index (χ4n) is 3.41. The standard InChI is InChI=1S/C21H36N4O2S/c1-5-15-28(26,27)25-13-11-20(12-14-25)24-21(22-6-2)23-16-18(4)19-9-7-17(3)8-10-19/h7-10,18,20H,5-6,11-16H2,1-4H3,(H2,22,23,24). The fourth-order valence-corrected chi connectivity index (χ4v) is 4.95. The molecule has 1 unspecified atom stereocenters. The molecule has 1 aromatic rings. The maximum atomic E-state index is 12.2. The van der Waals surface area contributed by atoms with E-state index in [0.29, 0.717) is 32.0 Å². The van der Waals surface area contributed by atoms with E-state index in [-0.39, 0.29) is 11.8 Å². The van der Waals surface area contributed by atoms with Crippen LogP contribution in [0.15, 0.2) is 29.3 Å². The summed E-state index contributed by atoms with van der Waals surface area (Å²) in [6, 6.07) is 8.87. The number of piperidine rings is 1. The Hall–Kier alpha value is -1.60. The summed E-state index contributed by atoms with van der Waals surface area (Å²) < 4.78 is 26.1. The number of hydrogen-bond donors (Lipinski definition) is 2. The van der Waals surface area contributed by atoms with Crippen LogP contribution in [0.5, 0.6) is 0 Å². The highest BCUT2D eigenvalue weighted by Gasteiger charge is 2.27. The van der Waals surface area contributed by atoms with Gasteiger partial charge in [-0.05, 0) is 38.7 Å². The number of hydrogen-bond acceptors (Lipinski definition) is 3. The predicted molar refractivity (Wildman–Crippen MR) is 117 cm³/mol. The summed E-state index contributed by atoms with van der Waals surface area (Å²) >= 11 is 0. The van der Waals surface area contributed by atoms with Crippen LogP contribution < -0.4 is 10.6 Å². The molecule has 0 aliphatic carbocycles. The number of nitrogens with zero attached hydrogens (tertiary/aromatic N) is 2. The number of aliphatic imine (C=N–C) groups is 1. The van der Waals surface area contributed by atoms with Crippen LogP contribution in [-0.2, 0) is 10.0 Å². The van der Waals surface area contributed by atoms with Gasteiger partial charge in [-0.3, -0.25) is 4.99 Å². The van der Waals surface area contributed by atoms with E-state index >= 15 is 0 Å². The molecule has 2 N–H and O–H groups in total. The van der Waals surface area contributed by atoms with Gasteiger partial charge < -0.3 is 10.6 Å². The molecule has 1 fully saturated rings. The molecular formula is C21H36N4O2S. The van der Waals surface area contributed by atoms with Crippen molar-refractivity contribution in [3.8, 4) is 0 Å². The average molecular weight is 409 g/mol. The molecule has 1 atom stereocenters. The Morgan fingerprint density at radius 1 is 1.21 bits per heavy atom. The molecule has 1 aliphatic rings. The lowest BCUT2D eigenvalue weighted by Crippen LogP contribution is -2.50. The van der Waals surface area contributed by atoms with Crippen LogP contribution in [0.1, 0.15) is 57.1 Å². The number of rotatable bonds is 8. The van der Waals surface area contributed by atoms with E-state index in [0.717, 1.165) is 25.3 Å². The largest absolute Gasteiger partial charge is 0.357 e. The van der Waals surface area contributed by atoms with Gasteiger partial charge in [0.05, 0.1) is 5.75 Å². The summed E-state index contributed by atoms with van der Waals surface area (Å²) in [7, 11) is -3.09. The third-order valence-electron chi connectivity index (χ3n) is 5.16. The van der Waals surface area contributed by atoms with Crippen LogP contribution in [0.2, 0.25) is 0 Å². The van der Waals surface area contributed by atoms with Crippen LogP contribution in [-0.4, -0.2) is 56.7 Å². The van der Waals surface area contributed by atoms with Crippen molar-refractivity contribution in [3.05, 3.63) is 35.4 Å². The smallest absolute Gasteiger partial charge is 0.214 e. The van der Waals surface area contributed by atoms with Crippen LogP contribution in [0.4, 0.5) is 0 Å². The first-order valence-corrected chi connectivity index (χ1v) is 12.1. The Labute approximate surface area is 170 Å². The van der Waals surface area contributed by atoms with Crippen molar-refractivity contribution in [2.45, 2.75) is 58.9 Å². The quantitative estimate of drug-likeness (QED) is 0.512. The Kier molecular flexibility index (Phi) is 8.76. The second-order valence-corrected chi connectivity index (χ2v) is 9.75. The highest BCUT2D eigenvalue weighted by atomic mass is 32.2. The minimum Gasteiger partial charge on any atom is -0.357 e. The first-order chi connectivity index (χ1) is 13.4. The number of sulfonamides is 1. The maximum absolute atomic E-state index is 12.2. The van der Waals surface area contributed by atoms with Gasteiger partial charge in [-0.1, -0.05) is 43.7 Å². The summed E-state index contributed by atoms with van der Waals surface area (Å²) in [5.74, 6) is 1.40. The minimum atomic E-state index is -3.09. The molecule has 0 bridgehead atoms. The molecule has 1 aromatic carbocycles. The van der Waals surface area contributed by atoms with Crippen molar-refractivity contribution in [2.75, 3.05) is 31.9 Å². The van der Waals surface area contributed by atoms with Gasteiger partial charge in [-0.15, -0.1) is 0 Å². The van der Waals surface area contributed by atoms with E-state index in [1.807, 2.05) is 6.92 Å². The molecule has 1 heterocycles. The molecule has 0 amide bonds. The maximum Gasteiger partial charge on any atom is 0.214 e. The fraction of sp³-hybridized carbons (Fsp3) is 0.667. The van der Waals surface area contributed by atoms with Crippen LogP contribution in [0.25, 0.3) is 0 Å². The molecular weight excluding hydrogens is 372 g/mol. The molecule has 6 nitrogen and oxygen atoms in total. The van der Waals surface area contributed by atoms with Gasteiger partial charge in [0.25, 0.3) is 0 Å². The number of aryl methyl sites for hydroxylation is 1. The summed E-state index contributed by atoms with van der Waals surface area (Å²) in [4.78, 5) is 4.77. The van der Waals surface area contributed by atoms with Crippen LogP contribution >= 0.6 is 0 Å². The monoisotopic (exact) mass is 408 g/mol. The minimum absolute atomic E-state index is 0.242. The Balaban J connectivity index is 1.90. The van der Waals surface area contributed by atoms with E-state index in [9.17, 15) is 8.42 Å². The molecule has 2 rings (SSSR count). The Morgan fingerprint density at radius 3 is 2.43 bits per heavy atom. The van der Waals surface area contributed by atoms with Gasteiger partial charge >= 0.3 is 0 Å². The van der Waals surface area contributed by atoms with Crippen LogP contribution in [0, 0.1) is 6.92 Å². The lowest BCUT2D eigenvalue weighted by Gasteiger charge is -2.32.